The Labute approximate surface area is 86.9 Å². The summed E-state index contributed by atoms with van der Waals surface area (Å²) in [4.78, 5) is 4.21. The standard InChI is InChI=1S/C9H13NOS2/c1-11-7-4-8-12-13-9-5-2-3-6-10-9/h2-3,5-6H,4,7-8H2,1H3. The average Bonchev–Trinajstić information content (AvgIpc) is 2.19. The van der Waals surface area contributed by atoms with E-state index in [1.165, 1.54) is 0 Å². The van der Waals surface area contributed by atoms with E-state index in [1.807, 2.05) is 35.2 Å². The Bertz CT molecular complexity index is 218. The van der Waals surface area contributed by atoms with Crippen LogP contribution in [0.4, 0.5) is 0 Å². The topological polar surface area (TPSA) is 22.1 Å². The third-order valence-electron chi connectivity index (χ3n) is 1.36. The fraction of sp³-hybridized carbons (Fsp3) is 0.444. The van der Waals surface area contributed by atoms with E-state index in [4.69, 9.17) is 4.74 Å². The van der Waals surface area contributed by atoms with Gasteiger partial charge in [-0.2, -0.15) is 0 Å². The first-order chi connectivity index (χ1) is 6.43. The third-order valence-corrected chi connectivity index (χ3v) is 3.71. The van der Waals surface area contributed by atoms with Crippen LogP contribution in [0.1, 0.15) is 6.42 Å². The average molecular weight is 215 g/mol. The molecule has 0 aliphatic heterocycles. The molecule has 1 aromatic rings. The summed E-state index contributed by atoms with van der Waals surface area (Å²) in [6.07, 6.45) is 2.92. The lowest BCUT2D eigenvalue weighted by molar-refractivity contribution is 0.200. The van der Waals surface area contributed by atoms with E-state index in [0.29, 0.717) is 0 Å². The summed E-state index contributed by atoms with van der Waals surface area (Å²) >= 11 is 0. The molecule has 0 spiro atoms. The van der Waals surface area contributed by atoms with Crippen LogP contribution >= 0.6 is 21.6 Å². The second-order valence-electron chi connectivity index (χ2n) is 2.42. The molecular weight excluding hydrogens is 202 g/mol. The Balaban J connectivity index is 2.07. The highest BCUT2D eigenvalue weighted by molar-refractivity contribution is 8.76. The molecule has 0 amide bonds. The molecule has 0 aliphatic rings. The number of rotatable bonds is 6. The number of aromatic nitrogens is 1. The summed E-state index contributed by atoms with van der Waals surface area (Å²) < 4.78 is 4.96. The zero-order valence-electron chi connectivity index (χ0n) is 7.60. The largest absolute Gasteiger partial charge is 0.385 e. The van der Waals surface area contributed by atoms with E-state index in [0.717, 1.165) is 23.8 Å². The number of nitrogens with zero attached hydrogens (tertiary/aromatic N) is 1. The smallest absolute Gasteiger partial charge is 0.106 e. The number of ether oxygens (including phenoxy) is 1. The summed E-state index contributed by atoms with van der Waals surface area (Å²) in [6.45, 7) is 0.843. The fourth-order valence-corrected chi connectivity index (χ4v) is 2.70. The third kappa shape index (κ3) is 5.18. The van der Waals surface area contributed by atoms with Crippen molar-refractivity contribution in [2.45, 2.75) is 11.4 Å². The van der Waals surface area contributed by atoms with Crippen molar-refractivity contribution < 1.29 is 4.74 Å². The van der Waals surface area contributed by atoms with Crippen LogP contribution in [-0.4, -0.2) is 24.5 Å². The highest BCUT2D eigenvalue weighted by Crippen LogP contribution is 2.29. The van der Waals surface area contributed by atoms with Crippen molar-refractivity contribution in [1.29, 1.82) is 0 Å². The minimum absolute atomic E-state index is 0.843. The van der Waals surface area contributed by atoms with Gasteiger partial charge in [-0.05, 0) is 29.3 Å². The maximum Gasteiger partial charge on any atom is 0.106 e. The van der Waals surface area contributed by atoms with E-state index >= 15 is 0 Å². The highest BCUT2D eigenvalue weighted by atomic mass is 33.1. The maximum absolute atomic E-state index is 4.96. The lowest BCUT2D eigenvalue weighted by Crippen LogP contribution is -1.88. The quantitative estimate of drug-likeness (QED) is 0.537. The minimum Gasteiger partial charge on any atom is -0.385 e. The van der Waals surface area contributed by atoms with Crippen molar-refractivity contribution in [1.82, 2.24) is 4.98 Å². The number of pyridine rings is 1. The molecule has 0 unspecified atom stereocenters. The predicted molar refractivity (Wildman–Crippen MR) is 59.0 cm³/mol. The molecule has 0 N–H and O–H groups in total. The summed E-state index contributed by atoms with van der Waals surface area (Å²) in [6, 6.07) is 5.96. The van der Waals surface area contributed by atoms with E-state index in [9.17, 15) is 0 Å². The van der Waals surface area contributed by atoms with Crippen molar-refractivity contribution in [2.24, 2.45) is 0 Å². The summed E-state index contributed by atoms with van der Waals surface area (Å²) in [5.41, 5.74) is 0. The number of hydrogen-bond acceptors (Lipinski definition) is 4. The SMILES string of the molecule is COCCCSSc1ccccn1. The Morgan fingerprint density at radius 3 is 3.08 bits per heavy atom. The van der Waals surface area contributed by atoms with Crippen molar-refractivity contribution in [3.8, 4) is 0 Å². The van der Waals surface area contributed by atoms with Crippen LogP contribution in [0.2, 0.25) is 0 Å². The molecule has 1 rings (SSSR count). The minimum atomic E-state index is 0.843. The van der Waals surface area contributed by atoms with Crippen molar-refractivity contribution >= 4 is 21.6 Å². The molecule has 0 saturated carbocycles. The molecule has 0 atom stereocenters. The van der Waals surface area contributed by atoms with Gasteiger partial charge >= 0.3 is 0 Å². The summed E-state index contributed by atoms with van der Waals surface area (Å²) in [5, 5.41) is 1.07. The van der Waals surface area contributed by atoms with Crippen molar-refractivity contribution in [2.75, 3.05) is 19.5 Å². The first kappa shape index (κ1) is 10.9. The zero-order valence-corrected chi connectivity index (χ0v) is 9.24. The van der Waals surface area contributed by atoms with Gasteiger partial charge in [-0.1, -0.05) is 16.9 Å². The Hall–Kier alpha value is -0.190. The molecular formula is C9H13NOS2. The van der Waals surface area contributed by atoms with E-state index < -0.39 is 0 Å². The van der Waals surface area contributed by atoms with Crippen LogP contribution in [-0.2, 0) is 4.74 Å². The van der Waals surface area contributed by atoms with Gasteiger partial charge in [-0.15, -0.1) is 0 Å². The molecule has 0 bridgehead atoms. The van der Waals surface area contributed by atoms with E-state index in [-0.39, 0.29) is 0 Å². The van der Waals surface area contributed by atoms with Crippen LogP contribution in [0.25, 0.3) is 0 Å². The van der Waals surface area contributed by atoms with Crippen LogP contribution in [0.5, 0.6) is 0 Å². The lowest BCUT2D eigenvalue weighted by atomic mass is 10.5. The second-order valence-corrected chi connectivity index (χ2v) is 4.86. The van der Waals surface area contributed by atoms with Crippen LogP contribution < -0.4 is 0 Å². The molecule has 4 heteroatoms. The summed E-state index contributed by atoms with van der Waals surface area (Å²) in [5.74, 6) is 1.11. The van der Waals surface area contributed by atoms with Gasteiger partial charge in [-0.25, -0.2) is 4.98 Å². The Morgan fingerprint density at radius 1 is 1.46 bits per heavy atom. The molecule has 0 fully saturated rings. The van der Waals surface area contributed by atoms with Gasteiger partial charge in [0, 0.05) is 25.7 Å². The van der Waals surface area contributed by atoms with Crippen molar-refractivity contribution in [3.63, 3.8) is 0 Å². The monoisotopic (exact) mass is 215 g/mol. The second kappa shape index (κ2) is 7.24. The zero-order chi connectivity index (χ0) is 9.36. The molecule has 0 saturated heterocycles. The van der Waals surface area contributed by atoms with Crippen LogP contribution in [0.3, 0.4) is 0 Å². The van der Waals surface area contributed by atoms with Crippen LogP contribution in [0, 0.1) is 0 Å². The highest BCUT2D eigenvalue weighted by Gasteiger charge is 1.94. The fourth-order valence-electron chi connectivity index (χ4n) is 0.761. The Kier molecular flexibility index (Phi) is 6.06. The predicted octanol–water partition coefficient (Wildman–Crippen LogP) is 2.86. The first-order valence-electron chi connectivity index (χ1n) is 4.13. The normalized spacial score (nSPS) is 10.2. The van der Waals surface area contributed by atoms with Gasteiger partial charge < -0.3 is 4.74 Å². The number of methoxy groups -OCH3 is 1. The molecule has 1 aromatic heterocycles. The molecule has 0 aliphatic carbocycles. The van der Waals surface area contributed by atoms with E-state index in [2.05, 4.69) is 4.98 Å². The molecule has 13 heavy (non-hydrogen) atoms. The van der Waals surface area contributed by atoms with Crippen molar-refractivity contribution in [3.05, 3.63) is 24.4 Å². The number of hydrogen-bond donors (Lipinski definition) is 0. The maximum atomic E-state index is 4.96. The molecule has 0 radical (unpaired) electrons. The summed E-state index contributed by atoms with van der Waals surface area (Å²) in [7, 11) is 5.27. The Morgan fingerprint density at radius 2 is 2.38 bits per heavy atom. The van der Waals surface area contributed by atoms with Gasteiger partial charge in [0.2, 0.25) is 0 Å². The first-order valence-corrected chi connectivity index (χ1v) is 6.45. The van der Waals surface area contributed by atoms with Gasteiger partial charge in [0.15, 0.2) is 0 Å². The van der Waals surface area contributed by atoms with E-state index in [1.54, 1.807) is 17.9 Å². The van der Waals surface area contributed by atoms with Gasteiger partial charge in [0.1, 0.15) is 5.03 Å². The van der Waals surface area contributed by atoms with Gasteiger partial charge in [0.05, 0.1) is 0 Å². The van der Waals surface area contributed by atoms with Gasteiger partial charge in [0.25, 0.3) is 0 Å². The lowest BCUT2D eigenvalue weighted by Gasteiger charge is -1.99. The van der Waals surface area contributed by atoms with Gasteiger partial charge in [-0.3, -0.25) is 0 Å². The molecule has 72 valence electrons. The molecule has 1 heterocycles. The molecule has 2 nitrogen and oxygen atoms in total. The molecule has 0 aromatic carbocycles. The van der Waals surface area contributed by atoms with Crippen LogP contribution in [0.15, 0.2) is 29.4 Å².